The smallest absolute Gasteiger partial charge is 0.101 e. The fourth-order valence-corrected chi connectivity index (χ4v) is 5.70. The van der Waals surface area contributed by atoms with E-state index in [1.807, 2.05) is 48.5 Å². The molecule has 5 nitrogen and oxygen atoms in total. The molecule has 7 aromatic rings. The zero-order valence-corrected chi connectivity index (χ0v) is 20.1. The van der Waals surface area contributed by atoms with Crippen molar-refractivity contribution in [3.63, 3.8) is 0 Å². The van der Waals surface area contributed by atoms with Crippen LogP contribution in [0.2, 0.25) is 0 Å². The van der Waals surface area contributed by atoms with Crippen LogP contribution in [0.3, 0.4) is 0 Å². The number of hydrogen-bond acceptors (Lipinski definition) is 3. The van der Waals surface area contributed by atoms with Crippen LogP contribution in [0.5, 0.6) is 0 Å². The lowest BCUT2D eigenvalue weighted by Crippen LogP contribution is -2.01. The van der Waals surface area contributed by atoms with E-state index in [0.29, 0.717) is 22.4 Å². The number of benzene rings is 5. The molecule has 0 aliphatic carbocycles. The summed E-state index contributed by atoms with van der Waals surface area (Å²) >= 11 is 0. The molecule has 7 rings (SSSR count). The number of nitrogens with zero attached hydrogens (tertiary/aromatic N) is 5. The Bertz CT molecular complexity index is 2190. The van der Waals surface area contributed by atoms with Crippen molar-refractivity contribution in [3.8, 4) is 29.6 Å². The first kappa shape index (κ1) is 21.5. The van der Waals surface area contributed by atoms with Crippen LogP contribution in [0.1, 0.15) is 16.7 Å². The highest BCUT2D eigenvalue weighted by atomic mass is 15.0. The Labute approximate surface area is 217 Å². The van der Waals surface area contributed by atoms with Crippen LogP contribution in [-0.2, 0) is 0 Å². The third-order valence-electron chi connectivity index (χ3n) is 7.20. The molecule has 0 N–H and O–H groups in total. The molecule has 0 aliphatic heterocycles. The van der Waals surface area contributed by atoms with Gasteiger partial charge in [-0.25, -0.2) is 0 Å². The molecule has 0 atom stereocenters. The lowest BCUT2D eigenvalue weighted by Gasteiger charge is -2.13. The van der Waals surface area contributed by atoms with E-state index in [9.17, 15) is 15.8 Å². The van der Waals surface area contributed by atoms with Gasteiger partial charge in [-0.2, -0.15) is 15.8 Å². The standard InChI is InChI=1S/C33H17N5/c34-18-21-7-5-10-24(17-21)37-29-14-4-2-12-27(29)31-30(37)16-15-26-25-11-1-3-13-28(25)38(33(26)31)32-22(19-35)8-6-9-23(32)20-36/h1-17H. The highest BCUT2D eigenvalue weighted by Gasteiger charge is 2.23. The Balaban J connectivity index is 1.77. The largest absolute Gasteiger partial charge is 0.309 e. The lowest BCUT2D eigenvalue weighted by atomic mass is 10.1. The Morgan fingerprint density at radius 1 is 0.500 bits per heavy atom. The van der Waals surface area contributed by atoms with Gasteiger partial charge in [0, 0.05) is 27.2 Å². The Hall–Kier alpha value is -5.83. The quantitative estimate of drug-likeness (QED) is 0.255. The van der Waals surface area contributed by atoms with E-state index in [-0.39, 0.29) is 0 Å². The van der Waals surface area contributed by atoms with Gasteiger partial charge in [0.05, 0.1) is 50.5 Å². The third kappa shape index (κ3) is 2.83. The van der Waals surface area contributed by atoms with Crippen molar-refractivity contribution >= 4 is 43.6 Å². The van der Waals surface area contributed by atoms with Crippen molar-refractivity contribution < 1.29 is 0 Å². The van der Waals surface area contributed by atoms with E-state index in [1.54, 1.807) is 24.3 Å². The van der Waals surface area contributed by atoms with Crippen molar-refractivity contribution in [1.82, 2.24) is 9.13 Å². The molecule has 5 aromatic carbocycles. The molecule has 0 radical (unpaired) electrons. The summed E-state index contributed by atoms with van der Waals surface area (Å²) in [6, 6.07) is 40.3. The highest BCUT2D eigenvalue weighted by Crippen LogP contribution is 2.42. The minimum Gasteiger partial charge on any atom is -0.309 e. The molecule has 0 spiro atoms. The molecule has 174 valence electrons. The summed E-state index contributed by atoms with van der Waals surface area (Å²) < 4.78 is 4.25. The molecule has 0 amide bonds. The van der Waals surface area contributed by atoms with Crippen molar-refractivity contribution in [3.05, 3.63) is 120 Å². The van der Waals surface area contributed by atoms with E-state index in [4.69, 9.17) is 0 Å². The SMILES string of the molecule is N#Cc1cccc(-n2c3ccccc3c3c2ccc2c4ccccc4n(-c4c(C#N)cccc4C#N)c23)c1. The van der Waals surface area contributed by atoms with Crippen LogP contribution in [0.25, 0.3) is 55.0 Å². The number of aromatic nitrogens is 2. The first-order chi connectivity index (χ1) is 18.7. The second kappa shape index (κ2) is 8.10. The van der Waals surface area contributed by atoms with Gasteiger partial charge < -0.3 is 9.13 Å². The van der Waals surface area contributed by atoms with Crippen LogP contribution in [0.15, 0.2) is 103 Å². The maximum Gasteiger partial charge on any atom is 0.101 e. The summed E-state index contributed by atoms with van der Waals surface area (Å²) in [5.74, 6) is 0. The van der Waals surface area contributed by atoms with E-state index < -0.39 is 0 Å². The number of para-hydroxylation sites is 3. The van der Waals surface area contributed by atoms with E-state index >= 15 is 0 Å². The van der Waals surface area contributed by atoms with Crippen molar-refractivity contribution in [2.75, 3.05) is 0 Å². The number of fused-ring (bicyclic) bond motifs is 7. The first-order valence-corrected chi connectivity index (χ1v) is 12.1. The molecule has 0 aliphatic rings. The normalized spacial score (nSPS) is 11.1. The van der Waals surface area contributed by atoms with Gasteiger partial charge in [0.25, 0.3) is 0 Å². The maximum absolute atomic E-state index is 10.1. The average molecular weight is 484 g/mol. The van der Waals surface area contributed by atoms with Crippen molar-refractivity contribution in [2.24, 2.45) is 0 Å². The van der Waals surface area contributed by atoms with Gasteiger partial charge in [0.2, 0.25) is 0 Å². The maximum atomic E-state index is 10.1. The molecule has 0 bridgehead atoms. The molecule has 2 aromatic heterocycles. The monoisotopic (exact) mass is 483 g/mol. The van der Waals surface area contributed by atoms with Crippen LogP contribution >= 0.6 is 0 Å². The van der Waals surface area contributed by atoms with Gasteiger partial charge in [-0.3, -0.25) is 0 Å². The summed E-state index contributed by atoms with van der Waals surface area (Å²) in [7, 11) is 0. The highest BCUT2D eigenvalue weighted by molar-refractivity contribution is 6.26. The molecular formula is C33H17N5. The van der Waals surface area contributed by atoms with Gasteiger partial charge >= 0.3 is 0 Å². The fraction of sp³-hybridized carbons (Fsp3) is 0. The second-order valence-corrected chi connectivity index (χ2v) is 9.15. The van der Waals surface area contributed by atoms with Gasteiger partial charge in [-0.05, 0) is 48.5 Å². The van der Waals surface area contributed by atoms with Crippen LogP contribution in [0.4, 0.5) is 0 Å². The minimum absolute atomic E-state index is 0.439. The topological polar surface area (TPSA) is 81.2 Å². The zero-order chi connectivity index (χ0) is 25.8. The first-order valence-electron chi connectivity index (χ1n) is 12.1. The van der Waals surface area contributed by atoms with Gasteiger partial charge in [0.15, 0.2) is 0 Å². The van der Waals surface area contributed by atoms with E-state index in [2.05, 4.69) is 57.7 Å². The summed E-state index contributed by atoms with van der Waals surface area (Å²) in [4.78, 5) is 0. The summed E-state index contributed by atoms with van der Waals surface area (Å²) in [6.07, 6.45) is 0. The summed E-state index contributed by atoms with van der Waals surface area (Å²) in [6.45, 7) is 0. The predicted molar refractivity (Wildman–Crippen MR) is 149 cm³/mol. The molecule has 2 heterocycles. The molecule has 0 unspecified atom stereocenters. The predicted octanol–water partition coefficient (Wildman–Crippen LogP) is 7.50. The average Bonchev–Trinajstić information content (AvgIpc) is 3.49. The number of rotatable bonds is 2. The molecule has 0 saturated carbocycles. The number of nitriles is 3. The van der Waals surface area contributed by atoms with E-state index in [0.717, 1.165) is 49.3 Å². The Kier molecular flexibility index (Phi) is 4.57. The van der Waals surface area contributed by atoms with Gasteiger partial charge in [0.1, 0.15) is 12.1 Å². The summed E-state index contributed by atoms with van der Waals surface area (Å²) in [5.41, 5.74) is 6.80. The zero-order valence-electron chi connectivity index (χ0n) is 20.1. The van der Waals surface area contributed by atoms with Crippen LogP contribution in [-0.4, -0.2) is 9.13 Å². The van der Waals surface area contributed by atoms with Crippen molar-refractivity contribution in [2.45, 2.75) is 0 Å². The number of hydrogen-bond donors (Lipinski definition) is 0. The van der Waals surface area contributed by atoms with E-state index in [1.165, 1.54) is 0 Å². The van der Waals surface area contributed by atoms with Crippen molar-refractivity contribution in [1.29, 1.82) is 15.8 Å². The Morgan fingerprint density at radius 2 is 1.16 bits per heavy atom. The molecular weight excluding hydrogens is 466 g/mol. The third-order valence-corrected chi connectivity index (χ3v) is 7.20. The molecule has 5 heteroatoms. The van der Waals surface area contributed by atoms with Crippen LogP contribution < -0.4 is 0 Å². The fourth-order valence-electron chi connectivity index (χ4n) is 5.70. The second-order valence-electron chi connectivity index (χ2n) is 9.15. The van der Waals surface area contributed by atoms with Gasteiger partial charge in [-0.1, -0.05) is 54.6 Å². The summed E-state index contributed by atoms with van der Waals surface area (Å²) in [5, 5.41) is 33.8. The molecule has 0 saturated heterocycles. The van der Waals surface area contributed by atoms with Gasteiger partial charge in [-0.15, -0.1) is 0 Å². The lowest BCUT2D eigenvalue weighted by molar-refractivity contribution is 1.16. The molecule has 38 heavy (non-hydrogen) atoms. The van der Waals surface area contributed by atoms with Crippen LogP contribution in [0, 0.1) is 34.0 Å². The minimum atomic E-state index is 0.439. The molecule has 0 fully saturated rings. The Morgan fingerprint density at radius 3 is 1.87 bits per heavy atom.